The summed E-state index contributed by atoms with van der Waals surface area (Å²) in [5.41, 5.74) is -0.579. The van der Waals surface area contributed by atoms with E-state index in [-0.39, 0.29) is 30.5 Å². The van der Waals surface area contributed by atoms with Crippen molar-refractivity contribution in [1.29, 1.82) is 0 Å². The van der Waals surface area contributed by atoms with Gasteiger partial charge in [0, 0.05) is 43.8 Å². The van der Waals surface area contributed by atoms with Gasteiger partial charge in [0.25, 0.3) is 5.56 Å². The highest BCUT2D eigenvalue weighted by atomic mass is 19.4. The largest absolute Gasteiger partial charge is 0.419 e. The van der Waals surface area contributed by atoms with Gasteiger partial charge < -0.3 is 14.4 Å². The minimum atomic E-state index is -4.51. The van der Waals surface area contributed by atoms with Crippen molar-refractivity contribution >= 4 is 11.9 Å². The molecular weight excluding hydrogens is 375 g/mol. The van der Waals surface area contributed by atoms with Crippen LogP contribution in [0.5, 0.6) is 0 Å². The van der Waals surface area contributed by atoms with Crippen LogP contribution in [0, 0.1) is 6.42 Å². The summed E-state index contributed by atoms with van der Waals surface area (Å²) in [5, 5.41) is 0. The quantitative estimate of drug-likeness (QED) is 0.773. The maximum Gasteiger partial charge on any atom is 0.419 e. The van der Waals surface area contributed by atoms with Crippen molar-refractivity contribution in [2.45, 2.75) is 26.2 Å². The van der Waals surface area contributed by atoms with Gasteiger partial charge in [-0.2, -0.15) is 13.2 Å². The first-order valence-corrected chi connectivity index (χ1v) is 8.67. The number of aromatic nitrogens is 3. The molecular formula is C18H19F3N5O2. The van der Waals surface area contributed by atoms with Gasteiger partial charge in [0.05, 0.1) is 12.1 Å². The monoisotopic (exact) mass is 394 g/mol. The Morgan fingerprint density at radius 3 is 2.50 bits per heavy atom. The number of nitrogens with zero attached hydrogens (tertiary/aromatic N) is 5. The number of anilines is 1. The topological polar surface area (TPSA) is 71.3 Å². The van der Waals surface area contributed by atoms with Crippen molar-refractivity contribution in [3.05, 3.63) is 58.6 Å². The van der Waals surface area contributed by atoms with Crippen LogP contribution in [-0.2, 0) is 24.1 Å². The normalized spacial score (nSPS) is 15.2. The van der Waals surface area contributed by atoms with E-state index in [2.05, 4.69) is 9.97 Å². The molecule has 0 N–H and O–H groups in total. The molecule has 0 saturated carbocycles. The molecule has 1 saturated heterocycles. The molecule has 0 aliphatic carbocycles. The average molecular weight is 394 g/mol. The molecule has 1 radical (unpaired) electrons. The summed E-state index contributed by atoms with van der Waals surface area (Å²) >= 11 is 0. The lowest BCUT2D eigenvalue weighted by atomic mass is 10.2. The van der Waals surface area contributed by atoms with Crippen LogP contribution < -0.4 is 10.5 Å². The van der Waals surface area contributed by atoms with E-state index in [0.717, 1.165) is 0 Å². The number of hydrogen-bond donors (Lipinski definition) is 0. The minimum absolute atomic E-state index is 0.0604. The van der Waals surface area contributed by atoms with Crippen LogP contribution in [-0.4, -0.2) is 45.0 Å². The number of rotatable bonds is 5. The first-order chi connectivity index (χ1) is 13.3. The summed E-state index contributed by atoms with van der Waals surface area (Å²) in [4.78, 5) is 35.4. The Labute approximate surface area is 159 Å². The van der Waals surface area contributed by atoms with Crippen molar-refractivity contribution in [2.24, 2.45) is 0 Å². The van der Waals surface area contributed by atoms with Gasteiger partial charge in [-0.25, -0.2) is 9.97 Å². The molecule has 149 valence electrons. The number of piperazine rings is 1. The lowest BCUT2D eigenvalue weighted by molar-refractivity contribution is -0.138. The maximum atomic E-state index is 12.6. The number of carbonyl (C=O) groups is 1. The molecule has 1 amide bonds. The van der Waals surface area contributed by atoms with Crippen LogP contribution in [0.2, 0.25) is 0 Å². The summed E-state index contributed by atoms with van der Waals surface area (Å²) in [6, 6.07) is 3.45. The van der Waals surface area contributed by atoms with Crippen LogP contribution in [0.3, 0.4) is 0 Å². The molecule has 3 rings (SSSR count). The maximum absolute atomic E-state index is 12.6. The Bertz CT molecular complexity index is 895. The van der Waals surface area contributed by atoms with E-state index in [1.54, 1.807) is 27.8 Å². The van der Waals surface area contributed by atoms with Crippen molar-refractivity contribution < 1.29 is 18.0 Å². The number of amides is 1. The van der Waals surface area contributed by atoms with E-state index < -0.39 is 11.7 Å². The van der Waals surface area contributed by atoms with Gasteiger partial charge in [0.1, 0.15) is 6.54 Å². The zero-order valence-corrected chi connectivity index (χ0v) is 15.2. The summed E-state index contributed by atoms with van der Waals surface area (Å²) in [6.07, 6.45) is 0.449. The summed E-state index contributed by atoms with van der Waals surface area (Å²) in [5.74, 6) is -0.173. The average Bonchev–Trinajstić information content (AvgIpc) is 2.66. The van der Waals surface area contributed by atoms with Gasteiger partial charge in [-0.1, -0.05) is 13.0 Å². The van der Waals surface area contributed by atoms with Crippen LogP contribution in [0.15, 0.2) is 35.5 Å². The van der Waals surface area contributed by atoms with E-state index in [1.165, 1.54) is 4.90 Å². The second kappa shape index (κ2) is 7.99. The third-order valence-corrected chi connectivity index (χ3v) is 4.41. The van der Waals surface area contributed by atoms with Crippen LogP contribution in [0.25, 0.3) is 0 Å². The molecule has 0 aromatic carbocycles. The number of carbonyl (C=O) groups excluding carboxylic acids is 1. The van der Waals surface area contributed by atoms with Gasteiger partial charge in [-0.15, -0.1) is 0 Å². The van der Waals surface area contributed by atoms with Crippen molar-refractivity contribution in [2.75, 3.05) is 24.5 Å². The Morgan fingerprint density at radius 2 is 1.89 bits per heavy atom. The van der Waals surface area contributed by atoms with Gasteiger partial charge in [0.15, 0.2) is 0 Å². The van der Waals surface area contributed by atoms with Gasteiger partial charge >= 0.3 is 6.18 Å². The van der Waals surface area contributed by atoms with E-state index in [0.29, 0.717) is 37.6 Å². The molecule has 2 aromatic heterocycles. The molecule has 1 aliphatic rings. The lowest BCUT2D eigenvalue weighted by Crippen LogP contribution is -2.51. The molecule has 10 heteroatoms. The first kappa shape index (κ1) is 19.8. The fourth-order valence-electron chi connectivity index (χ4n) is 2.93. The minimum Gasteiger partial charge on any atom is -0.335 e. The second-order valence-corrected chi connectivity index (χ2v) is 6.41. The highest BCUT2D eigenvalue weighted by Crippen LogP contribution is 2.28. The first-order valence-electron chi connectivity index (χ1n) is 8.67. The van der Waals surface area contributed by atoms with Crippen molar-refractivity contribution in [1.82, 2.24) is 19.4 Å². The molecule has 1 aliphatic heterocycles. The number of halogens is 3. The fraction of sp³-hybridized carbons (Fsp3) is 0.389. The number of pyridine rings is 1. The van der Waals surface area contributed by atoms with Crippen LogP contribution in [0.1, 0.15) is 18.1 Å². The van der Waals surface area contributed by atoms with E-state index >= 15 is 0 Å². The Kier molecular flexibility index (Phi) is 5.66. The Balaban J connectivity index is 1.67. The zero-order chi connectivity index (χ0) is 20.3. The SMILES string of the molecule is C[CH]Cn1cccc(CN2CCN(c3ncc(C(F)(F)F)cn3)CC2=O)c1=O. The standard InChI is InChI=1S/C18H19F3N5O2/c1-2-5-24-6-3-4-13(16(24)28)11-25-7-8-26(12-15(25)27)17-22-9-14(10-23-17)18(19,20)21/h2-4,6,9-10H,5,7-8,11-12H2,1H3. The number of alkyl halides is 3. The fourth-order valence-corrected chi connectivity index (χ4v) is 2.93. The molecule has 3 heterocycles. The predicted octanol–water partition coefficient (Wildman–Crippen LogP) is 1.73. The molecule has 2 aromatic rings. The van der Waals surface area contributed by atoms with Crippen LogP contribution >= 0.6 is 0 Å². The lowest BCUT2D eigenvalue weighted by Gasteiger charge is -2.34. The predicted molar refractivity (Wildman–Crippen MR) is 95.3 cm³/mol. The summed E-state index contributed by atoms with van der Waals surface area (Å²) in [6.45, 7) is 3.14. The van der Waals surface area contributed by atoms with E-state index in [4.69, 9.17) is 0 Å². The molecule has 0 unspecified atom stereocenters. The third-order valence-electron chi connectivity index (χ3n) is 4.41. The van der Waals surface area contributed by atoms with Gasteiger partial charge in [-0.3, -0.25) is 9.59 Å². The molecule has 1 fully saturated rings. The highest BCUT2D eigenvalue weighted by Gasteiger charge is 2.32. The van der Waals surface area contributed by atoms with Crippen molar-refractivity contribution in [3.63, 3.8) is 0 Å². The molecule has 0 bridgehead atoms. The van der Waals surface area contributed by atoms with E-state index in [1.807, 2.05) is 13.3 Å². The highest BCUT2D eigenvalue weighted by molar-refractivity contribution is 5.82. The second-order valence-electron chi connectivity index (χ2n) is 6.41. The molecule has 0 atom stereocenters. The van der Waals surface area contributed by atoms with E-state index in [9.17, 15) is 22.8 Å². The molecule has 0 spiro atoms. The van der Waals surface area contributed by atoms with Gasteiger partial charge in [-0.05, 0) is 12.5 Å². The van der Waals surface area contributed by atoms with Crippen molar-refractivity contribution in [3.8, 4) is 0 Å². The van der Waals surface area contributed by atoms with Crippen LogP contribution in [0.4, 0.5) is 19.1 Å². The number of hydrogen-bond acceptors (Lipinski definition) is 5. The molecule has 28 heavy (non-hydrogen) atoms. The summed E-state index contributed by atoms with van der Waals surface area (Å²) < 4.78 is 39.4. The van der Waals surface area contributed by atoms with Gasteiger partial charge in [0.2, 0.25) is 11.9 Å². The smallest absolute Gasteiger partial charge is 0.335 e. The Morgan fingerprint density at radius 1 is 1.18 bits per heavy atom. The third kappa shape index (κ3) is 4.32. The molecule has 7 nitrogen and oxygen atoms in total. The summed E-state index contributed by atoms with van der Waals surface area (Å²) in [7, 11) is 0. The Hall–Kier alpha value is -2.91. The zero-order valence-electron chi connectivity index (χ0n) is 15.2.